The first-order valence-electron chi connectivity index (χ1n) is 8.34. The molecular formula is C18H19F3N2O2. The van der Waals surface area contributed by atoms with E-state index in [9.17, 15) is 18.0 Å². The van der Waals surface area contributed by atoms with E-state index in [-0.39, 0.29) is 11.6 Å². The molecule has 0 saturated carbocycles. The van der Waals surface area contributed by atoms with E-state index in [1.165, 1.54) is 12.1 Å². The molecule has 25 heavy (non-hydrogen) atoms. The zero-order chi connectivity index (χ0) is 18.0. The minimum absolute atomic E-state index is 0.0407. The van der Waals surface area contributed by atoms with Gasteiger partial charge in [0.05, 0.1) is 11.6 Å². The van der Waals surface area contributed by atoms with Gasteiger partial charge >= 0.3 is 6.18 Å². The Hall–Kier alpha value is -2.31. The number of benzene rings is 1. The van der Waals surface area contributed by atoms with Crippen molar-refractivity contribution < 1.29 is 22.5 Å². The molecule has 1 aliphatic rings. The van der Waals surface area contributed by atoms with Crippen LogP contribution in [-0.2, 0) is 12.6 Å². The highest BCUT2D eigenvalue weighted by Crippen LogP contribution is 2.34. The Bertz CT molecular complexity index is 755. The fourth-order valence-electron chi connectivity index (χ4n) is 3.16. The third-order valence-corrected chi connectivity index (χ3v) is 4.37. The first-order chi connectivity index (χ1) is 11.9. The standard InChI is InChI=1S/C18H19F3N2O2/c1-2-5-14-11-15(22-25-14)16-8-4-9-23(16)17(24)12-6-3-7-13(10-12)18(19,20)21/h3,6-7,10-11,16H,2,4-5,8-9H2,1H3/t16-/m1/s1. The Labute approximate surface area is 143 Å². The van der Waals surface area contributed by atoms with Crippen LogP contribution in [-0.4, -0.2) is 22.5 Å². The number of hydrogen-bond donors (Lipinski definition) is 0. The Balaban J connectivity index is 1.83. The molecule has 0 unspecified atom stereocenters. The Morgan fingerprint density at radius 3 is 2.88 bits per heavy atom. The summed E-state index contributed by atoms with van der Waals surface area (Å²) in [6.45, 7) is 2.52. The fourth-order valence-corrected chi connectivity index (χ4v) is 3.16. The van der Waals surface area contributed by atoms with E-state index in [0.717, 1.165) is 43.6 Å². The van der Waals surface area contributed by atoms with Crippen molar-refractivity contribution in [2.75, 3.05) is 6.54 Å². The summed E-state index contributed by atoms with van der Waals surface area (Å²) in [5, 5.41) is 4.05. The largest absolute Gasteiger partial charge is 0.416 e. The van der Waals surface area contributed by atoms with Crippen molar-refractivity contribution in [1.29, 1.82) is 0 Å². The van der Waals surface area contributed by atoms with Crippen molar-refractivity contribution in [3.63, 3.8) is 0 Å². The number of rotatable bonds is 4. The molecule has 1 aromatic carbocycles. The van der Waals surface area contributed by atoms with Crippen LogP contribution in [0.2, 0.25) is 0 Å². The van der Waals surface area contributed by atoms with Crippen LogP contribution < -0.4 is 0 Å². The van der Waals surface area contributed by atoms with Gasteiger partial charge in [-0.25, -0.2) is 0 Å². The summed E-state index contributed by atoms with van der Waals surface area (Å²) in [5.41, 5.74) is -0.110. The molecule has 1 fully saturated rings. The molecule has 1 aromatic heterocycles. The molecule has 0 N–H and O–H groups in total. The predicted molar refractivity (Wildman–Crippen MR) is 85.0 cm³/mol. The molecule has 3 rings (SSSR count). The molecule has 0 radical (unpaired) electrons. The molecule has 1 amide bonds. The average molecular weight is 352 g/mol. The lowest BCUT2D eigenvalue weighted by Gasteiger charge is -2.23. The van der Waals surface area contributed by atoms with Crippen molar-refractivity contribution in [2.45, 2.75) is 44.8 Å². The predicted octanol–water partition coefficient (Wildman–Crippen LogP) is 4.62. The summed E-state index contributed by atoms with van der Waals surface area (Å²) in [6, 6.07) is 6.13. The number of carbonyl (C=O) groups is 1. The molecule has 0 aliphatic carbocycles. The lowest BCUT2D eigenvalue weighted by atomic mass is 10.1. The first kappa shape index (κ1) is 17.5. The molecule has 1 saturated heterocycles. The van der Waals surface area contributed by atoms with Crippen LogP contribution in [0.1, 0.15) is 59.6 Å². The lowest BCUT2D eigenvalue weighted by molar-refractivity contribution is -0.137. The molecule has 1 aliphatic heterocycles. The maximum atomic E-state index is 12.9. The molecule has 0 spiro atoms. The topological polar surface area (TPSA) is 46.3 Å². The summed E-state index contributed by atoms with van der Waals surface area (Å²) in [5.74, 6) is 0.351. The van der Waals surface area contributed by atoms with Crippen LogP contribution in [0.15, 0.2) is 34.9 Å². The summed E-state index contributed by atoms with van der Waals surface area (Å²) in [4.78, 5) is 14.3. The highest BCUT2D eigenvalue weighted by atomic mass is 19.4. The van der Waals surface area contributed by atoms with Crippen LogP contribution in [0.3, 0.4) is 0 Å². The number of alkyl halides is 3. The van der Waals surface area contributed by atoms with Crippen LogP contribution in [0.5, 0.6) is 0 Å². The van der Waals surface area contributed by atoms with Crippen LogP contribution >= 0.6 is 0 Å². The van der Waals surface area contributed by atoms with E-state index in [0.29, 0.717) is 12.2 Å². The fraction of sp³-hybridized carbons (Fsp3) is 0.444. The zero-order valence-electron chi connectivity index (χ0n) is 13.8. The first-order valence-corrected chi connectivity index (χ1v) is 8.34. The number of carbonyl (C=O) groups excluding carboxylic acids is 1. The van der Waals surface area contributed by atoms with Crippen LogP contribution in [0.4, 0.5) is 13.2 Å². The summed E-state index contributed by atoms with van der Waals surface area (Å²) < 4.78 is 43.9. The van der Waals surface area contributed by atoms with Gasteiger partial charge in [-0.2, -0.15) is 13.2 Å². The summed E-state index contributed by atoms with van der Waals surface area (Å²) in [6.07, 6.45) is -1.27. The van der Waals surface area contributed by atoms with Gasteiger partial charge in [-0.3, -0.25) is 4.79 Å². The number of aromatic nitrogens is 1. The average Bonchev–Trinajstić information content (AvgIpc) is 3.22. The molecule has 2 aromatic rings. The Morgan fingerprint density at radius 1 is 1.36 bits per heavy atom. The Kier molecular flexibility index (Phi) is 4.83. The van der Waals surface area contributed by atoms with Gasteiger partial charge in [0.15, 0.2) is 0 Å². The van der Waals surface area contributed by atoms with Crippen molar-refractivity contribution in [3.05, 3.63) is 52.9 Å². The minimum atomic E-state index is -4.47. The third kappa shape index (κ3) is 3.70. The van der Waals surface area contributed by atoms with Crippen LogP contribution in [0.25, 0.3) is 0 Å². The molecule has 1 atom stereocenters. The van der Waals surface area contributed by atoms with Crippen molar-refractivity contribution in [2.24, 2.45) is 0 Å². The maximum absolute atomic E-state index is 12.9. The summed E-state index contributed by atoms with van der Waals surface area (Å²) in [7, 11) is 0. The monoisotopic (exact) mass is 352 g/mol. The van der Waals surface area contributed by atoms with Crippen molar-refractivity contribution in [3.8, 4) is 0 Å². The number of amides is 1. The number of hydrogen-bond acceptors (Lipinski definition) is 3. The van der Waals surface area contributed by atoms with E-state index < -0.39 is 17.6 Å². The third-order valence-electron chi connectivity index (χ3n) is 4.37. The molecular weight excluding hydrogens is 333 g/mol. The van der Waals surface area contributed by atoms with Gasteiger partial charge in [-0.05, 0) is 37.5 Å². The quantitative estimate of drug-likeness (QED) is 0.806. The number of likely N-dealkylation sites (tertiary alicyclic amines) is 1. The van der Waals surface area contributed by atoms with E-state index in [2.05, 4.69) is 5.16 Å². The SMILES string of the molecule is CCCc1cc([C@H]2CCCN2C(=O)c2cccc(C(F)(F)F)c2)no1. The van der Waals surface area contributed by atoms with Gasteiger partial charge in [-0.1, -0.05) is 18.1 Å². The second-order valence-electron chi connectivity index (χ2n) is 6.20. The second kappa shape index (κ2) is 6.90. The van der Waals surface area contributed by atoms with Crippen molar-refractivity contribution >= 4 is 5.91 Å². The highest BCUT2D eigenvalue weighted by molar-refractivity contribution is 5.94. The van der Waals surface area contributed by atoms with Gasteiger partial charge in [0.1, 0.15) is 11.5 Å². The molecule has 4 nitrogen and oxygen atoms in total. The molecule has 2 heterocycles. The van der Waals surface area contributed by atoms with E-state index in [1.54, 1.807) is 4.90 Å². The zero-order valence-corrected chi connectivity index (χ0v) is 13.8. The maximum Gasteiger partial charge on any atom is 0.416 e. The van der Waals surface area contributed by atoms with Crippen LogP contribution in [0, 0.1) is 0 Å². The number of aryl methyl sites for hydroxylation is 1. The number of halogens is 3. The molecule has 7 heteroatoms. The van der Waals surface area contributed by atoms with Gasteiger partial charge in [0, 0.05) is 24.6 Å². The molecule has 134 valence electrons. The van der Waals surface area contributed by atoms with Gasteiger partial charge in [-0.15, -0.1) is 0 Å². The highest BCUT2D eigenvalue weighted by Gasteiger charge is 2.35. The van der Waals surface area contributed by atoms with Gasteiger partial charge in [0.2, 0.25) is 0 Å². The second-order valence-corrected chi connectivity index (χ2v) is 6.20. The normalized spacial score (nSPS) is 17.9. The molecule has 0 bridgehead atoms. The van der Waals surface area contributed by atoms with Gasteiger partial charge in [0.25, 0.3) is 5.91 Å². The minimum Gasteiger partial charge on any atom is -0.361 e. The number of nitrogens with zero attached hydrogens (tertiary/aromatic N) is 2. The smallest absolute Gasteiger partial charge is 0.361 e. The van der Waals surface area contributed by atoms with Gasteiger partial charge < -0.3 is 9.42 Å². The lowest BCUT2D eigenvalue weighted by Crippen LogP contribution is -2.31. The van der Waals surface area contributed by atoms with Crippen molar-refractivity contribution in [1.82, 2.24) is 10.1 Å². The van der Waals surface area contributed by atoms with E-state index in [1.807, 2.05) is 13.0 Å². The Morgan fingerprint density at radius 2 is 2.16 bits per heavy atom. The van der Waals surface area contributed by atoms with E-state index in [4.69, 9.17) is 4.52 Å². The van der Waals surface area contributed by atoms with E-state index >= 15 is 0 Å². The summed E-state index contributed by atoms with van der Waals surface area (Å²) >= 11 is 0.